The van der Waals surface area contributed by atoms with Crippen LogP contribution in [0.2, 0.25) is 0 Å². The minimum Gasteiger partial charge on any atom is -0.306 e. The van der Waals surface area contributed by atoms with E-state index in [0.717, 1.165) is 13.0 Å². The molecular formula is C8H12N2O. The topological polar surface area (TPSA) is 32.7 Å². The second-order valence-corrected chi connectivity index (χ2v) is 3.45. The molecule has 0 aromatic heterocycles. The van der Waals surface area contributed by atoms with Crippen molar-refractivity contribution in [2.75, 3.05) is 13.6 Å². The Morgan fingerprint density at radius 1 is 1.64 bits per heavy atom. The van der Waals surface area contributed by atoms with Gasteiger partial charge in [0.05, 0.1) is 6.34 Å². The maximum Gasteiger partial charge on any atom is 0.227 e. The van der Waals surface area contributed by atoms with E-state index in [9.17, 15) is 4.79 Å². The van der Waals surface area contributed by atoms with E-state index in [1.54, 1.807) is 18.3 Å². The molecular weight excluding hydrogens is 140 g/mol. The second kappa shape index (κ2) is 2.32. The normalized spacial score (nSPS) is 36.1. The van der Waals surface area contributed by atoms with Gasteiger partial charge in [-0.1, -0.05) is 0 Å². The number of rotatable bonds is 0. The van der Waals surface area contributed by atoms with Crippen molar-refractivity contribution in [2.24, 2.45) is 16.8 Å². The first kappa shape index (κ1) is 6.83. The Balaban J connectivity index is 2.08. The number of carbonyl (C=O) groups is 1. The van der Waals surface area contributed by atoms with Crippen LogP contribution in [-0.2, 0) is 4.79 Å². The molecule has 3 heteroatoms. The Morgan fingerprint density at radius 2 is 2.45 bits per heavy atom. The number of carbonyl (C=O) groups excluding carboxylic acids is 1. The van der Waals surface area contributed by atoms with E-state index in [-0.39, 0.29) is 5.91 Å². The number of hydrogen-bond donors (Lipinski definition) is 0. The lowest BCUT2D eigenvalue weighted by molar-refractivity contribution is -0.126. The maximum absolute atomic E-state index is 11.2. The lowest BCUT2D eigenvalue weighted by atomic mass is 10.2. The Kier molecular flexibility index (Phi) is 1.44. The first-order valence-electron chi connectivity index (χ1n) is 4.03. The van der Waals surface area contributed by atoms with Crippen molar-refractivity contribution in [3.05, 3.63) is 0 Å². The molecule has 1 aliphatic carbocycles. The zero-order valence-corrected chi connectivity index (χ0v) is 6.66. The molecule has 0 aromatic carbocycles. The standard InChI is InChI=1S/C8H12N2O/c1-10-5-9-4-7-2-6(7)3-8(10)11/h5-7H,2-4H2,1H3. The van der Waals surface area contributed by atoms with Crippen LogP contribution >= 0.6 is 0 Å². The molecule has 2 rings (SSSR count). The van der Waals surface area contributed by atoms with Crippen molar-refractivity contribution >= 4 is 12.2 Å². The van der Waals surface area contributed by atoms with E-state index < -0.39 is 0 Å². The fraction of sp³-hybridized carbons (Fsp3) is 0.750. The summed E-state index contributed by atoms with van der Waals surface area (Å²) in [6.07, 6.45) is 3.58. The summed E-state index contributed by atoms with van der Waals surface area (Å²) in [7, 11) is 1.77. The van der Waals surface area contributed by atoms with Crippen LogP contribution in [0.4, 0.5) is 0 Å². The summed E-state index contributed by atoms with van der Waals surface area (Å²) < 4.78 is 0. The van der Waals surface area contributed by atoms with Gasteiger partial charge in [0.2, 0.25) is 5.91 Å². The second-order valence-electron chi connectivity index (χ2n) is 3.45. The molecule has 2 unspecified atom stereocenters. The molecule has 0 radical (unpaired) electrons. The van der Waals surface area contributed by atoms with Crippen LogP contribution in [0.3, 0.4) is 0 Å². The lowest BCUT2D eigenvalue weighted by Crippen LogP contribution is -2.26. The number of fused-ring (bicyclic) bond motifs is 1. The SMILES string of the molecule is CN1C=NCC2CC2CC1=O. The fourth-order valence-corrected chi connectivity index (χ4v) is 1.52. The third kappa shape index (κ3) is 1.27. The van der Waals surface area contributed by atoms with Crippen LogP contribution in [0.15, 0.2) is 4.99 Å². The van der Waals surface area contributed by atoms with Crippen molar-refractivity contribution in [2.45, 2.75) is 12.8 Å². The monoisotopic (exact) mass is 152 g/mol. The number of amides is 1. The third-order valence-corrected chi connectivity index (χ3v) is 2.49. The Bertz CT molecular complexity index is 212. The molecule has 1 aliphatic heterocycles. The summed E-state index contributed by atoms with van der Waals surface area (Å²) in [6, 6.07) is 0. The van der Waals surface area contributed by atoms with Gasteiger partial charge in [0.25, 0.3) is 0 Å². The quantitative estimate of drug-likeness (QED) is 0.498. The molecule has 2 aliphatic rings. The summed E-state index contributed by atoms with van der Waals surface area (Å²) in [4.78, 5) is 17.0. The molecule has 0 spiro atoms. The molecule has 0 saturated heterocycles. The van der Waals surface area contributed by atoms with Crippen LogP contribution in [0, 0.1) is 11.8 Å². The molecule has 1 fully saturated rings. The predicted molar refractivity (Wildman–Crippen MR) is 42.3 cm³/mol. The Hall–Kier alpha value is -0.860. The van der Waals surface area contributed by atoms with E-state index in [0.29, 0.717) is 11.8 Å². The largest absolute Gasteiger partial charge is 0.306 e. The van der Waals surface area contributed by atoms with Gasteiger partial charge in [-0.3, -0.25) is 9.79 Å². The zero-order chi connectivity index (χ0) is 7.84. The van der Waals surface area contributed by atoms with E-state index >= 15 is 0 Å². The molecule has 11 heavy (non-hydrogen) atoms. The van der Waals surface area contributed by atoms with Gasteiger partial charge in [-0.25, -0.2) is 0 Å². The summed E-state index contributed by atoms with van der Waals surface area (Å²) in [6.45, 7) is 0.919. The van der Waals surface area contributed by atoms with Gasteiger partial charge in [0.1, 0.15) is 0 Å². The van der Waals surface area contributed by atoms with Gasteiger partial charge >= 0.3 is 0 Å². The molecule has 1 saturated carbocycles. The molecule has 2 atom stereocenters. The molecule has 0 bridgehead atoms. The summed E-state index contributed by atoms with van der Waals surface area (Å²) >= 11 is 0. The van der Waals surface area contributed by atoms with Crippen molar-refractivity contribution in [3.8, 4) is 0 Å². The first-order valence-corrected chi connectivity index (χ1v) is 4.03. The highest BCUT2D eigenvalue weighted by Gasteiger charge is 2.39. The summed E-state index contributed by atoms with van der Waals surface area (Å²) in [5.41, 5.74) is 0. The number of hydrogen-bond acceptors (Lipinski definition) is 2. The van der Waals surface area contributed by atoms with Gasteiger partial charge in [0, 0.05) is 20.0 Å². The maximum atomic E-state index is 11.2. The van der Waals surface area contributed by atoms with Gasteiger partial charge in [-0.2, -0.15) is 0 Å². The smallest absolute Gasteiger partial charge is 0.227 e. The van der Waals surface area contributed by atoms with Crippen molar-refractivity contribution in [1.82, 2.24) is 4.90 Å². The average Bonchev–Trinajstić information content (AvgIpc) is 2.65. The van der Waals surface area contributed by atoms with E-state index in [2.05, 4.69) is 4.99 Å². The van der Waals surface area contributed by atoms with Gasteiger partial charge in [-0.05, 0) is 18.3 Å². The highest BCUT2D eigenvalue weighted by Crippen LogP contribution is 2.42. The van der Waals surface area contributed by atoms with Crippen molar-refractivity contribution in [1.29, 1.82) is 0 Å². The van der Waals surface area contributed by atoms with Crippen molar-refractivity contribution < 1.29 is 4.79 Å². The van der Waals surface area contributed by atoms with Crippen LogP contribution in [-0.4, -0.2) is 30.7 Å². The number of aliphatic imine (C=N–C) groups is 1. The minimum atomic E-state index is 0.209. The van der Waals surface area contributed by atoms with Gasteiger partial charge in [0.15, 0.2) is 0 Å². The molecule has 0 aromatic rings. The molecule has 60 valence electrons. The summed E-state index contributed by atoms with van der Waals surface area (Å²) in [5.74, 6) is 1.56. The van der Waals surface area contributed by atoms with Crippen LogP contribution in [0.25, 0.3) is 0 Å². The fourth-order valence-electron chi connectivity index (χ4n) is 1.52. The minimum absolute atomic E-state index is 0.209. The van der Waals surface area contributed by atoms with Gasteiger partial charge < -0.3 is 4.90 Å². The third-order valence-electron chi connectivity index (χ3n) is 2.49. The van der Waals surface area contributed by atoms with E-state index in [4.69, 9.17) is 0 Å². The Labute approximate surface area is 66.1 Å². The first-order chi connectivity index (χ1) is 5.27. The zero-order valence-electron chi connectivity index (χ0n) is 6.66. The molecule has 1 heterocycles. The van der Waals surface area contributed by atoms with Crippen LogP contribution in [0.5, 0.6) is 0 Å². The molecule has 0 N–H and O–H groups in total. The van der Waals surface area contributed by atoms with Gasteiger partial charge in [-0.15, -0.1) is 0 Å². The highest BCUT2D eigenvalue weighted by atomic mass is 16.2. The summed E-state index contributed by atoms with van der Waals surface area (Å²) in [5, 5.41) is 0. The van der Waals surface area contributed by atoms with Crippen LogP contribution < -0.4 is 0 Å². The lowest BCUT2D eigenvalue weighted by Gasteiger charge is -2.12. The van der Waals surface area contributed by atoms with E-state index in [1.165, 1.54) is 6.42 Å². The Morgan fingerprint density at radius 3 is 3.27 bits per heavy atom. The number of nitrogens with zero attached hydrogens (tertiary/aromatic N) is 2. The molecule has 1 amide bonds. The highest BCUT2D eigenvalue weighted by molar-refractivity contribution is 5.87. The molecule has 3 nitrogen and oxygen atoms in total. The van der Waals surface area contributed by atoms with Crippen LogP contribution in [0.1, 0.15) is 12.8 Å². The van der Waals surface area contributed by atoms with E-state index in [1.807, 2.05) is 0 Å². The van der Waals surface area contributed by atoms with Crippen molar-refractivity contribution in [3.63, 3.8) is 0 Å². The average molecular weight is 152 g/mol. The predicted octanol–water partition coefficient (Wildman–Crippen LogP) is 0.513.